The van der Waals surface area contributed by atoms with Gasteiger partial charge in [-0.15, -0.1) is 0 Å². The van der Waals surface area contributed by atoms with Crippen LogP contribution in [-0.2, 0) is 4.79 Å². The van der Waals surface area contributed by atoms with Gasteiger partial charge in [-0.05, 0) is 19.9 Å². The predicted molar refractivity (Wildman–Crippen MR) is 63.5 cm³/mol. The third-order valence-corrected chi connectivity index (χ3v) is 2.33. The minimum Gasteiger partial charge on any atom is -0.482 e. The number of benzene rings is 1. The van der Waals surface area contributed by atoms with Gasteiger partial charge in [0.15, 0.2) is 0 Å². The van der Waals surface area contributed by atoms with Crippen molar-refractivity contribution in [3.8, 4) is 5.75 Å². The number of hydrogen-bond acceptors (Lipinski definition) is 4. The Labute approximate surface area is 103 Å². The summed E-state index contributed by atoms with van der Waals surface area (Å²) in [7, 11) is 0. The van der Waals surface area contributed by atoms with E-state index in [2.05, 4.69) is 0 Å². The molecule has 6 heteroatoms. The second kappa shape index (κ2) is 5.63. The van der Waals surface area contributed by atoms with Gasteiger partial charge in [-0.3, -0.25) is 14.9 Å². The molecule has 0 radical (unpaired) electrons. The number of nitro groups is 1. The van der Waals surface area contributed by atoms with E-state index < -0.39 is 11.0 Å². The Balaban J connectivity index is 2.96. The highest BCUT2D eigenvalue weighted by atomic mass is 35.5. The highest BCUT2D eigenvalue weighted by Gasteiger charge is 2.20. The zero-order chi connectivity index (χ0) is 13.0. The van der Waals surface area contributed by atoms with Crippen LogP contribution in [0.5, 0.6) is 5.75 Å². The van der Waals surface area contributed by atoms with Crippen molar-refractivity contribution in [2.45, 2.75) is 26.4 Å². The zero-order valence-electron chi connectivity index (χ0n) is 9.47. The highest BCUT2D eigenvalue weighted by molar-refractivity contribution is 6.32. The van der Waals surface area contributed by atoms with E-state index in [0.717, 1.165) is 0 Å². The van der Waals surface area contributed by atoms with E-state index in [1.165, 1.54) is 25.1 Å². The van der Waals surface area contributed by atoms with Crippen LogP contribution < -0.4 is 4.74 Å². The molecule has 0 bridgehead atoms. The summed E-state index contributed by atoms with van der Waals surface area (Å²) in [4.78, 5) is 21.1. The van der Waals surface area contributed by atoms with Crippen LogP contribution in [0.2, 0.25) is 5.02 Å². The van der Waals surface area contributed by atoms with E-state index in [1.54, 1.807) is 6.92 Å². The highest BCUT2D eigenvalue weighted by Crippen LogP contribution is 2.35. The molecule has 0 saturated heterocycles. The molecule has 17 heavy (non-hydrogen) atoms. The van der Waals surface area contributed by atoms with Crippen LogP contribution in [0, 0.1) is 10.1 Å². The summed E-state index contributed by atoms with van der Waals surface area (Å²) >= 11 is 5.84. The van der Waals surface area contributed by atoms with E-state index in [1.807, 2.05) is 0 Å². The van der Waals surface area contributed by atoms with Crippen LogP contribution in [-0.4, -0.2) is 16.8 Å². The number of ketones is 1. The number of nitrogens with zero attached hydrogens (tertiary/aromatic N) is 1. The standard InChI is InChI=1S/C11H12ClNO4/c1-7(14)6-8(2)17-11-9(12)4-3-5-10(11)13(15)16/h3-5,8H,6H2,1-2H3. The lowest BCUT2D eigenvalue weighted by molar-refractivity contribution is -0.386. The van der Waals surface area contributed by atoms with Gasteiger partial charge in [-0.25, -0.2) is 0 Å². The van der Waals surface area contributed by atoms with Gasteiger partial charge in [0.1, 0.15) is 11.9 Å². The Morgan fingerprint density at radius 3 is 2.76 bits per heavy atom. The van der Waals surface area contributed by atoms with Crippen molar-refractivity contribution in [2.75, 3.05) is 0 Å². The first-order valence-corrected chi connectivity index (χ1v) is 5.38. The van der Waals surface area contributed by atoms with Crippen molar-refractivity contribution in [3.63, 3.8) is 0 Å². The van der Waals surface area contributed by atoms with E-state index >= 15 is 0 Å². The summed E-state index contributed by atoms with van der Waals surface area (Å²) in [5, 5.41) is 10.9. The van der Waals surface area contributed by atoms with Crippen molar-refractivity contribution in [3.05, 3.63) is 33.3 Å². The molecule has 1 rings (SSSR count). The maximum atomic E-state index is 10.9. The van der Waals surface area contributed by atoms with Crippen molar-refractivity contribution in [2.24, 2.45) is 0 Å². The fourth-order valence-electron chi connectivity index (χ4n) is 1.41. The Morgan fingerprint density at radius 2 is 2.24 bits per heavy atom. The van der Waals surface area contributed by atoms with Gasteiger partial charge in [0.2, 0.25) is 5.75 Å². The summed E-state index contributed by atoms with van der Waals surface area (Å²) in [5.74, 6) is -0.0416. The Hall–Kier alpha value is -1.62. The fraction of sp³-hybridized carbons (Fsp3) is 0.364. The maximum absolute atomic E-state index is 10.9. The molecule has 0 aliphatic rings. The summed E-state index contributed by atoms with van der Waals surface area (Å²) < 4.78 is 5.35. The number of rotatable bonds is 5. The van der Waals surface area contributed by atoms with Crippen LogP contribution in [0.25, 0.3) is 0 Å². The molecule has 1 unspecified atom stereocenters. The average Bonchev–Trinajstić information content (AvgIpc) is 2.19. The molecule has 92 valence electrons. The molecule has 0 amide bonds. The molecule has 0 aliphatic heterocycles. The topological polar surface area (TPSA) is 69.4 Å². The molecule has 1 aromatic carbocycles. The number of hydrogen-bond donors (Lipinski definition) is 0. The normalized spacial score (nSPS) is 11.9. The number of nitro benzene ring substituents is 1. The Kier molecular flexibility index (Phi) is 4.45. The minimum atomic E-state index is -0.568. The van der Waals surface area contributed by atoms with Crippen molar-refractivity contribution in [1.29, 1.82) is 0 Å². The monoisotopic (exact) mass is 257 g/mol. The number of carbonyl (C=O) groups excluding carboxylic acids is 1. The molecule has 0 spiro atoms. The number of para-hydroxylation sites is 1. The van der Waals surface area contributed by atoms with Crippen LogP contribution in [0.3, 0.4) is 0 Å². The lowest BCUT2D eigenvalue weighted by Gasteiger charge is -2.14. The number of Topliss-reactive ketones (excluding diaryl/α,β-unsaturated/α-hetero) is 1. The molecule has 0 fully saturated rings. The van der Waals surface area contributed by atoms with Gasteiger partial charge < -0.3 is 4.74 Å². The first kappa shape index (κ1) is 13.4. The number of halogens is 1. The summed E-state index contributed by atoms with van der Waals surface area (Å²) in [5.41, 5.74) is -0.201. The molecule has 0 aliphatic carbocycles. The minimum absolute atomic E-state index is 0.00733. The van der Waals surface area contributed by atoms with Crippen LogP contribution in [0.15, 0.2) is 18.2 Å². The molecule has 0 aromatic heterocycles. The second-order valence-corrected chi connectivity index (χ2v) is 4.09. The van der Waals surface area contributed by atoms with Gasteiger partial charge in [0.05, 0.1) is 9.95 Å². The molecule has 0 heterocycles. The largest absolute Gasteiger partial charge is 0.482 e. The van der Waals surface area contributed by atoms with Crippen LogP contribution >= 0.6 is 11.6 Å². The van der Waals surface area contributed by atoms with E-state index in [-0.39, 0.29) is 28.7 Å². The van der Waals surface area contributed by atoms with E-state index in [0.29, 0.717) is 0 Å². The molecule has 0 N–H and O–H groups in total. The van der Waals surface area contributed by atoms with Gasteiger partial charge >= 0.3 is 5.69 Å². The number of carbonyl (C=O) groups is 1. The molecular weight excluding hydrogens is 246 g/mol. The zero-order valence-corrected chi connectivity index (χ0v) is 10.2. The maximum Gasteiger partial charge on any atom is 0.312 e. The van der Waals surface area contributed by atoms with Crippen molar-refractivity contribution >= 4 is 23.1 Å². The van der Waals surface area contributed by atoms with Crippen LogP contribution in [0.4, 0.5) is 5.69 Å². The second-order valence-electron chi connectivity index (χ2n) is 3.68. The molecule has 5 nitrogen and oxygen atoms in total. The summed E-state index contributed by atoms with van der Waals surface area (Å²) in [6.07, 6.45) is -0.270. The third kappa shape index (κ3) is 3.71. The van der Waals surface area contributed by atoms with Crippen molar-refractivity contribution in [1.82, 2.24) is 0 Å². The van der Waals surface area contributed by atoms with Gasteiger partial charge in [0, 0.05) is 12.5 Å². The molecule has 1 atom stereocenters. The molecule has 0 saturated carbocycles. The summed E-state index contributed by atoms with van der Waals surface area (Å²) in [6.45, 7) is 3.09. The Morgan fingerprint density at radius 1 is 1.59 bits per heavy atom. The van der Waals surface area contributed by atoms with Gasteiger partial charge in [-0.2, -0.15) is 0 Å². The molecular formula is C11H12ClNO4. The smallest absolute Gasteiger partial charge is 0.312 e. The Bertz CT molecular complexity index is 447. The van der Waals surface area contributed by atoms with Crippen LogP contribution in [0.1, 0.15) is 20.3 Å². The summed E-state index contributed by atoms with van der Waals surface area (Å²) in [6, 6.07) is 4.29. The molecule has 1 aromatic rings. The average molecular weight is 258 g/mol. The van der Waals surface area contributed by atoms with Crippen molar-refractivity contribution < 1.29 is 14.5 Å². The van der Waals surface area contributed by atoms with Gasteiger partial charge in [-0.1, -0.05) is 17.7 Å². The lowest BCUT2D eigenvalue weighted by atomic mass is 10.2. The SMILES string of the molecule is CC(=O)CC(C)Oc1c(Cl)cccc1[N+](=O)[O-]. The lowest BCUT2D eigenvalue weighted by Crippen LogP contribution is -2.16. The van der Waals surface area contributed by atoms with E-state index in [4.69, 9.17) is 16.3 Å². The number of ether oxygens (including phenoxy) is 1. The first-order chi connectivity index (χ1) is 7.91. The van der Waals surface area contributed by atoms with E-state index in [9.17, 15) is 14.9 Å². The third-order valence-electron chi connectivity index (χ3n) is 2.04. The van der Waals surface area contributed by atoms with Gasteiger partial charge in [0.25, 0.3) is 0 Å². The quantitative estimate of drug-likeness (QED) is 0.601. The predicted octanol–water partition coefficient (Wildman–Crippen LogP) is 2.99. The first-order valence-electron chi connectivity index (χ1n) is 5.00. The fourth-order valence-corrected chi connectivity index (χ4v) is 1.62.